The zero-order valence-electron chi connectivity index (χ0n) is 21.6. The summed E-state index contributed by atoms with van der Waals surface area (Å²) in [5.41, 5.74) is 2.63. The van der Waals surface area contributed by atoms with E-state index in [2.05, 4.69) is 48.2 Å². The summed E-state index contributed by atoms with van der Waals surface area (Å²) in [4.78, 5) is 16.4. The SMILES string of the molecule is CCN(c1ccc(OC)cc1)[C@](C(=O)OC)(c1ccccc1)C(/C=C/c1ccccc1)c1ccccc1. The first-order valence-electron chi connectivity index (χ1n) is 12.5. The number of carbonyl (C=O) groups is 1. The van der Waals surface area contributed by atoms with Gasteiger partial charge in [-0.3, -0.25) is 0 Å². The number of methoxy groups -OCH3 is 2. The smallest absolute Gasteiger partial charge is 0.337 e. The number of esters is 1. The summed E-state index contributed by atoms with van der Waals surface area (Å²) in [5, 5.41) is 0. The van der Waals surface area contributed by atoms with Crippen molar-refractivity contribution in [1.29, 1.82) is 0 Å². The van der Waals surface area contributed by atoms with E-state index in [-0.39, 0.29) is 11.9 Å². The van der Waals surface area contributed by atoms with Crippen LogP contribution in [0.25, 0.3) is 6.08 Å². The minimum atomic E-state index is -1.19. The molecule has 0 aliphatic heterocycles. The van der Waals surface area contributed by atoms with Crippen LogP contribution in [-0.2, 0) is 15.1 Å². The number of anilines is 1. The van der Waals surface area contributed by atoms with Crippen molar-refractivity contribution in [3.05, 3.63) is 138 Å². The standard InChI is InChI=1S/C33H33NO3/c1-4-34(29-21-23-30(36-2)24-22-29)33(32(35)37-3,28-18-12-7-13-19-28)31(27-16-10-6-11-17-27)25-20-26-14-8-5-9-15-26/h5-25,31H,4H2,1-3H3/b25-20+/t31?,33-/m1/s1. The van der Waals surface area contributed by atoms with Gasteiger partial charge in [-0.1, -0.05) is 103 Å². The molecule has 0 amide bonds. The second-order valence-electron chi connectivity index (χ2n) is 8.72. The summed E-state index contributed by atoms with van der Waals surface area (Å²) in [6.07, 6.45) is 4.21. The van der Waals surface area contributed by atoms with Crippen molar-refractivity contribution < 1.29 is 14.3 Å². The van der Waals surface area contributed by atoms with Gasteiger partial charge in [-0.05, 0) is 47.9 Å². The zero-order valence-corrected chi connectivity index (χ0v) is 21.6. The molecule has 188 valence electrons. The molecule has 0 aliphatic rings. The van der Waals surface area contributed by atoms with Gasteiger partial charge < -0.3 is 14.4 Å². The molecule has 0 saturated heterocycles. The number of hydrogen-bond donors (Lipinski definition) is 0. The number of hydrogen-bond acceptors (Lipinski definition) is 4. The first-order chi connectivity index (χ1) is 18.1. The number of nitrogens with zero attached hydrogens (tertiary/aromatic N) is 1. The fourth-order valence-electron chi connectivity index (χ4n) is 5.03. The fourth-order valence-corrected chi connectivity index (χ4v) is 5.03. The summed E-state index contributed by atoms with van der Waals surface area (Å²) in [6.45, 7) is 2.63. The number of likely N-dealkylation sites (N-methyl/N-ethyl adjacent to an activating group) is 1. The van der Waals surface area contributed by atoms with Crippen LogP contribution in [0.5, 0.6) is 5.75 Å². The molecule has 0 aliphatic carbocycles. The van der Waals surface area contributed by atoms with Crippen LogP contribution in [0.2, 0.25) is 0 Å². The summed E-state index contributed by atoms with van der Waals surface area (Å²) < 4.78 is 11.0. The highest BCUT2D eigenvalue weighted by Gasteiger charge is 2.52. The van der Waals surface area contributed by atoms with E-state index in [1.807, 2.05) is 91.0 Å². The molecule has 37 heavy (non-hydrogen) atoms. The highest BCUT2D eigenvalue weighted by molar-refractivity contribution is 5.89. The highest BCUT2D eigenvalue weighted by atomic mass is 16.5. The van der Waals surface area contributed by atoms with Crippen molar-refractivity contribution >= 4 is 17.7 Å². The second kappa shape index (κ2) is 12.1. The van der Waals surface area contributed by atoms with Crippen LogP contribution in [-0.4, -0.2) is 26.7 Å². The molecule has 4 rings (SSSR count). The Hall–Kier alpha value is -4.31. The predicted molar refractivity (Wildman–Crippen MR) is 151 cm³/mol. The lowest BCUT2D eigenvalue weighted by Gasteiger charge is -2.47. The Balaban J connectivity index is 2.03. The van der Waals surface area contributed by atoms with Crippen LogP contribution in [0, 0.1) is 0 Å². The van der Waals surface area contributed by atoms with Crippen molar-refractivity contribution in [3.63, 3.8) is 0 Å². The van der Waals surface area contributed by atoms with E-state index in [1.165, 1.54) is 7.11 Å². The molecular weight excluding hydrogens is 458 g/mol. The van der Waals surface area contributed by atoms with Crippen LogP contribution in [0.1, 0.15) is 29.5 Å². The lowest BCUT2D eigenvalue weighted by Crippen LogP contribution is -2.56. The van der Waals surface area contributed by atoms with E-state index >= 15 is 0 Å². The minimum Gasteiger partial charge on any atom is -0.497 e. The molecule has 0 heterocycles. The number of benzene rings is 4. The Bertz CT molecular complexity index is 1290. The molecule has 1 unspecified atom stereocenters. The predicted octanol–water partition coefficient (Wildman–Crippen LogP) is 7.09. The molecule has 0 radical (unpaired) electrons. The molecule has 4 aromatic carbocycles. The van der Waals surface area contributed by atoms with Gasteiger partial charge in [0.1, 0.15) is 5.75 Å². The Morgan fingerprint density at radius 3 is 1.92 bits per heavy atom. The molecular formula is C33H33NO3. The van der Waals surface area contributed by atoms with Crippen molar-refractivity contribution in [2.75, 3.05) is 25.7 Å². The molecule has 0 N–H and O–H groups in total. The maximum Gasteiger partial charge on any atom is 0.337 e. The molecule has 0 bridgehead atoms. The Kier molecular flexibility index (Phi) is 8.42. The third-order valence-electron chi connectivity index (χ3n) is 6.73. The third kappa shape index (κ3) is 5.29. The first-order valence-corrected chi connectivity index (χ1v) is 12.5. The van der Waals surface area contributed by atoms with E-state index in [9.17, 15) is 4.79 Å². The molecule has 0 fully saturated rings. The van der Waals surface area contributed by atoms with Crippen LogP contribution in [0.4, 0.5) is 5.69 Å². The summed E-state index contributed by atoms with van der Waals surface area (Å²) in [7, 11) is 3.11. The van der Waals surface area contributed by atoms with Gasteiger partial charge in [0.25, 0.3) is 0 Å². The van der Waals surface area contributed by atoms with Crippen LogP contribution in [0.3, 0.4) is 0 Å². The quantitative estimate of drug-likeness (QED) is 0.222. The van der Waals surface area contributed by atoms with E-state index in [1.54, 1.807) is 7.11 Å². The van der Waals surface area contributed by atoms with Gasteiger partial charge in [0.05, 0.1) is 14.2 Å². The van der Waals surface area contributed by atoms with E-state index in [0.717, 1.165) is 28.1 Å². The van der Waals surface area contributed by atoms with Gasteiger partial charge in [-0.15, -0.1) is 0 Å². The molecule has 0 spiro atoms. The first kappa shape index (κ1) is 25.8. The molecule has 4 aromatic rings. The van der Waals surface area contributed by atoms with Gasteiger partial charge in [0.15, 0.2) is 5.54 Å². The summed E-state index contributed by atoms with van der Waals surface area (Å²) in [6, 6.07) is 38.0. The number of rotatable bonds is 10. The second-order valence-corrected chi connectivity index (χ2v) is 8.72. The molecule has 0 aromatic heterocycles. The molecule has 2 atom stereocenters. The lowest BCUT2D eigenvalue weighted by atomic mass is 9.72. The Morgan fingerprint density at radius 2 is 1.38 bits per heavy atom. The summed E-state index contributed by atoms with van der Waals surface area (Å²) >= 11 is 0. The molecule has 4 heteroatoms. The van der Waals surface area contributed by atoms with Crippen LogP contribution < -0.4 is 9.64 Å². The third-order valence-corrected chi connectivity index (χ3v) is 6.73. The van der Waals surface area contributed by atoms with Gasteiger partial charge >= 0.3 is 5.97 Å². The van der Waals surface area contributed by atoms with Crippen molar-refractivity contribution in [2.45, 2.75) is 18.4 Å². The fraction of sp³-hybridized carbons (Fsp3) is 0.182. The monoisotopic (exact) mass is 491 g/mol. The topological polar surface area (TPSA) is 38.8 Å². The van der Waals surface area contributed by atoms with E-state index < -0.39 is 5.54 Å². The average Bonchev–Trinajstić information content (AvgIpc) is 2.98. The minimum absolute atomic E-state index is 0.331. The van der Waals surface area contributed by atoms with Crippen molar-refractivity contribution in [3.8, 4) is 5.75 Å². The van der Waals surface area contributed by atoms with Crippen molar-refractivity contribution in [2.24, 2.45) is 0 Å². The van der Waals surface area contributed by atoms with Gasteiger partial charge in [0.2, 0.25) is 0 Å². The maximum atomic E-state index is 14.2. The van der Waals surface area contributed by atoms with Gasteiger partial charge in [-0.25, -0.2) is 4.79 Å². The largest absolute Gasteiger partial charge is 0.497 e. The van der Waals surface area contributed by atoms with Gasteiger partial charge in [-0.2, -0.15) is 0 Å². The maximum absolute atomic E-state index is 14.2. The average molecular weight is 492 g/mol. The lowest BCUT2D eigenvalue weighted by molar-refractivity contribution is -0.148. The molecule has 4 nitrogen and oxygen atoms in total. The Labute approximate surface area is 219 Å². The van der Waals surface area contributed by atoms with Crippen LogP contribution >= 0.6 is 0 Å². The Morgan fingerprint density at radius 1 is 0.811 bits per heavy atom. The van der Waals surface area contributed by atoms with Gasteiger partial charge in [0, 0.05) is 18.2 Å². The summed E-state index contributed by atoms with van der Waals surface area (Å²) in [5.74, 6) is 0.0560. The highest BCUT2D eigenvalue weighted by Crippen LogP contribution is 2.46. The molecule has 0 saturated carbocycles. The normalized spacial score (nSPS) is 13.5. The zero-order chi connectivity index (χ0) is 26.1. The number of ether oxygens (including phenoxy) is 2. The van der Waals surface area contributed by atoms with E-state index in [4.69, 9.17) is 9.47 Å². The van der Waals surface area contributed by atoms with Crippen LogP contribution in [0.15, 0.2) is 121 Å². The number of carbonyl (C=O) groups excluding carboxylic acids is 1. The van der Waals surface area contributed by atoms with Crippen molar-refractivity contribution in [1.82, 2.24) is 0 Å². The van der Waals surface area contributed by atoms with E-state index in [0.29, 0.717) is 6.54 Å².